The maximum Gasteiger partial charge on any atom is 0.136 e. The van der Waals surface area contributed by atoms with Gasteiger partial charge in [0.15, 0.2) is 0 Å². The molecule has 3 nitrogen and oxygen atoms in total. The number of unbranched alkanes of at least 4 members (excludes halogenated alkanes) is 1. The molecular weight excluding hydrogens is 438 g/mol. The van der Waals surface area contributed by atoms with Crippen molar-refractivity contribution in [1.29, 1.82) is 0 Å². The van der Waals surface area contributed by atoms with E-state index in [1.54, 1.807) is 0 Å². The Hall–Kier alpha value is -4.24. The number of amidine groups is 1. The highest BCUT2D eigenvalue weighted by atomic mass is 15.2. The highest BCUT2D eigenvalue weighted by molar-refractivity contribution is 6.27. The summed E-state index contributed by atoms with van der Waals surface area (Å²) in [5.41, 5.74) is 6.27. The van der Waals surface area contributed by atoms with Crippen molar-refractivity contribution in [2.24, 2.45) is 4.99 Å². The van der Waals surface area contributed by atoms with Gasteiger partial charge in [-0.05, 0) is 53.5 Å². The molecule has 2 heterocycles. The second-order valence-corrected chi connectivity index (χ2v) is 9.30. The van der Waals surface area contributed by atoms with E-state index in [9.17, 15) is 0 Å². The first kappa shape index (κ1) is 22.2. The SMILES string of the molecule is c1ccc(C(c2ccccc2)N2C(=NCCCCc3cccnc3)c3cccc4cccc2c34)cc1. The predicted octanol–water partition coefficient (Wildman–Crippen LogP) is 7.61. The molecule has 5 aromatic rings. The summed E-state index contributed by atoms with van der Waals surface area (Å²) < 4.78 is 0. The van der Waals surface area contributed by atoms with Crippen LogP contribution in [0.3, 0.4) is 0 Å². The van der Waals surface area contributed by atoms with Crippen LogP contribution in [-0.4, -0.2) is 17.4 Å². The van der Waals surface area contributed by atoms with E-state index in [1.165, 1.54) is 38.7 Å². The number of hydrogen-bond acceptors (Lipinski definition) is 2. The number of nitrogens with zero attached hydrogens (tertiary/aromatic N) is 3. The summed E-state index contributed by atoms with van der Waals surface area (Å²) in [5, 5.41) is 2.56. The van der Waals surface area contributed by atoms with E-state index in [0.29, 0.717) is 0 Å². The molecule has 1 aliphatic rings. The first-order valence-electron chi connectivity index (χ1n) is 12.7. The number of benzene rings is 4. The van der Waals surface area contributed by atoms with Gasteiger partial charge in [0.2, 0.25) is 0 Å². The fraction of sp³-hybridized carbons (Fsp3) is 0.152. The molecule has 176 valence electrons. The maximum absolute atomic E-state index is 5.27. The summed E-state index contributed by atoms with van der Waals surface area (Å²) in [6.07, 6.45) is 6.97. The first-order chi connectivity index (χ1) is 17.9. The molecule has 0 radical (unpaired) electrons. The molecule has 4 aromatic carbocycles. The van der Waals surface area contributed by atoms with Crippen LogP contribution in [0.25, 0.3) is 10.8 Å². The van der Waals surface area contributed by atoms with Gasteiger partial charge in [-0.15, -0.1) is 0 Å². The summed E-state index contributed by atoms with van der Waals surface area (Å²) in [4.78, 5) is 12.0. The third-order valence-electron chi connectivity index (χ3n) is 6.96. The lowest BCUT2D eigenvalue weighted by Crippen LogP contribution is -2.33. The molecule has 0 spiro atoms. The fourth-order valence-electron chi connectivity index (χ4n) is 5.31. The Labute approximate surface area is 212 Å². The van der Waals surface area contributed by atoms with Crippen molar-refractivity contribution >= 4 is 22.3 Å². The molecule has 0 aliphatic carbocycles. The number of aryl methyl sites for hydroxylation is 1. The van der Waals surface area contributed by atoms with Gasteiger partial charge in [0.25, 0.3) is 0 Å². The van der Waals surface area contributed by atoms with Crippen LogP contribution in [0.2, 0.25) is 0 Å². The third-order valence-corrected chi connectivity index (χ3v) is 6.96. The molecule has 0 fully saturated rings. The lowest BCUT2D eigenvalue weighted by molar-refractivity contribution is 0.740. The lowest BCUT2D eigenvalue weighted by atomic mass is 9.96. The number of aromatic nitrogens is 1. The van der Waals surface area contributed by atoms with Crippen LogP contribution >= 0.6 is 0 Å². The predicted molar refractivity (Wildman–Crippen MR) is 150 cm³/mol. The van der Waals surface area contributed by atoms with Crippen LogP contribution in [0.5, 0.6) is 0 Å². The van der Waals surface area contributed by atoms with E-state index < -0.39 is 0 Å². The summed E-state index contributed by atoms with van der Waals surface area (Å²) in [6.45, 7) is 0.798. The molecule has 0 unspecified atom stereocenters. The highest BCUT2D eigenvalue weighted by Crippen LogP contribution is 2.44. The van der Waals surface area contributed by atoms with Crippen molar-refractivity contribution in [3.05, 3.63) is 144 Å². The number of rotatable bonds is 8. The van der Waals surface area contributed by atoms with Gasteiger partial charge in [0.05, 0.1) is 11.7 Å². The van der Waals surface area contributed by atoms with Gasteiger partial charge in [-0.25, -0.2) is 0 Å². The summed E-state index contributed by atoms with van der Waals surface area (Å²) in [6, 6.07) is 39.0. The van der Waals surface area contributed by atoms with E-state index in [2.05, 4.69) is 113 Å². The molecule has 1 aliphatic heterocycles. The van der Waals surface area contributed by atoms with Crippen LogP contribution in [-0.2, 0) is 6.42 Å². The zero-order valence-electron chi connectivity index (χ0n) is 20.3. The van der Waals surface area contributed by atoms with Crippen molar-refractivity contribution in [3.63, 3.8) is 0 Å². The highest BCUT2D eigenvalue weighted by Gasteiger charge is 2.34. The average molecular weight is 468 g/mol. The molecule has 6 rings (SSSR count). The van der Waals surface area contributed by atoms with E-state index in [-0.39, 0.29) is 6.04 Å². The Balaban J connectivity index is 1.39. The van der Waals surface area contributed by atoms with Gasteiger partial charge in [-0.1, -0.05) is 97.1 Å². The van der Waals surface area contributed by atoms with E-state index in [1.807, 2.05) is 18.5 Å². The molecule has 0 atom stereocenters. The molecule has 3 heteroatoms. The topological polar surface area (TPSA) is 28.5 Å². The Kier molecular flexibility index (Phi) is 6.28. The minimum atomic E-state index is 0.0412. The van der Waals surface area contributed by atoms with Gasteiger partial charge in [0, 0.05) is 29.9 Å². The van der Waals surface area contributed by atoms with Gasteiger partial charge in [-0.2, -0.15) is 0 Å². The molecule has 0 saturated carbocycles. The van der Waals surface area contributed by atoms with Crippen molar-refractivity contribution in [3.8, 4) is 0 Å². The number of anilines is 1. The van der Waals surface area contributed by atoms with Crippen LogP contribution in [0.15, 0.2) is 127 Å². The Morgan fingerprint density at radius 2 is 1.42 bits per heavy atom. The first-order valence-corrected chi connectivity index (χ1v) is 12.7. The second-order valence-electron chi connectivity index (χ2n) is 9.30. The zero-order valence-corrected chi connectivity index (χ0v) is 20.3. The molecule has 36 heavy (non-hydrogen) atoms. The number of pyridine rings is 1. The Morgan fingerprint density at radius 1 is 0.694 bits per heavy atom. The Morgan fingerprint density at radius 3 is 2.11 bits per heavy atom. The van der Waals surface area contributed by atoms with Gasteiger partial charge >= 0.3 is 0 Å². The molecule has 0 bridgehead atoms. The van der Waals surface area contributed by atoms with Gasteiger partial charge in [0.1, 0.15) is 5.84 Å². The number of hydrogen-bond donors (Lipinski definition) is 0. The van der Waals surface area contributed by atoms with Crippen LogP contribution in [0.4, 0.5) is 5.69 Å². The molecular formula is C33H29N3. The normalized spacial score (nSPS) is 13.7. The largest absolute Gasteiger partial charge is 0.314 e. The standard InChI is InChI=1S/C33H29N3/c1-3-14-27(15-4-1)32(28-16-5-2-6-17-28)36-30-21-10-19-26-18-9-20-29(31(26)30)33(36)35-23-8-7-12-25-13-11-22-34-24-25/h1-6,9-11,13-22,24,32H,7-8,12,23H2. The second kappa shape index (κ2) is 10.2. The van der Waals surface area contributed by atoms with Crippen LogP contribution in [0, 0.1) is 0 Å². The minimum absolute atomic E-state index is 0.0412. The minimum Gasteiger partial charge on any atom is -0.314 e. The smallest absolute Gasteiger partial charge is 0.136 e. The average Bonchev–Trinajstić information content (AvgIpc) is 3.25. The van der Waals surface area contributed by atoms with Crippen LogP contribution < -0.4 is 4.90 Å². The summed E-state index contributed by atoms with van der Waals surface area (Å²) in [5.74, 6) is 1.07. The van der Waals surface area contributed by atoms with Crippen LogP contribution in [0.1, 0.15) is 41.1 Å². The quantitative estimate of drug-likeness (QED) is 0.220. The zero-order chi connectivity index (χ0) is 24.2. The number of aliphatic imine (C=N–C) groups is 1. The molecule has 0 N–H and O–H groups in total. The maximum atomic E-state index is 5.27. The molecule has 0 saturated heterocycles. The summed E-state index contributed by atoms with van der Waals surface area (Å²) in [7, 11) is 0. The third kappa shape index (κ3) is 4.29. The van der Waals surface area contributed by atoms with E-state index in [0.717, 1.165) is 31.6 Å². The van der Waals surface area contributed by atoms with E-state index >= 15 is 0 Å². The molecule has 0 amide bonds. The Bertz CT molecular complexity index is 1430. The lowest BCUT2D eigenvalue weighted by Gasteiger charge is -2.32. The van der Waals surface area contributed by atoms with Crippen molar-refractivity contribution < 1.29 is 0 Å². The summed E-state index contributed by atoms with van der Waals surface area (Å²) >= 11 is 0. The van der Waals surface area contributed by atoms with Crippen molar-refractivity contribution in [1.82, 2.24) is 4.98 Å². The van der Waals surface area contributed by atoms with Crippen molar-refractivity contribution in [2.75, 3.05) is 11.4 Å². The van der Waals surface area contributed by atoms with Gasteiger partial charge < -0.3 is 4.90 Å². The molecule has 1 aromatic heterocycles. The van der Waals surface area contributed by atoms with Crippen molar-refractivity contribution in [2.45, 2.75) is 25.3 Å². The van der Waals surface area contributed by atoms with Gasteiger partial charge in [-0.3, -0.25) is 9.98 Å². The van der Waals surface area contributed by atoms with E-state index in [4.69, 9.17) is 4.99 Å². The monoisotopic (exact) mass is 467 g/mol. The fourth-order valence-corrected chi connectivity index (χ4v) is 5.31.